The number of hydrogen-bond acceptors (Lipinski definition) is 2. The second-order valence-electron chi connectivity index (χ2n) is 6.84. The van der Waals surface area contributed by atoms with Crippen LogP contribution in [0.15, 0.2) is 65.8 Å². The number of nitrogens with zero attached hydrogens (tertiary/aromatic N) is 1. The average Bonchev–Trinajstić information content (AvgIpc) is 2.90. The van der Waals surface area contributed by atoms with E-state index in [2.05, 4.69) is 73.4 Å². The first-order valence-corrected chi connectivity index (χ1v) is 8.51. The van der Waals surface area contributed by atoms with E-state index < -0.39 is 0 Å². The van der Waals surface area contributed by atoms with Crippen molar-refractivity contribution in [2.75, 3.05) is 13.1 Å². The average molecular weight is 306 g/mol. The predicted molar refractivity (Wildman–Crippen MR) is 97.6 cm³/mol. The molecule has 23 heavy (non-hydrogen) atoms. The highest BCUT2D eigenvalue weighted by Gasteiger charge is 2.33. The molecule has 2 nitrogen and oxygen atoms in total. The lowest BCUT2D eigenvalue weighted by Gasteiger charge is -2.17. The van der Waals surface area contributed by atoms with E-state index in [1.54, 1.807) is 6.21 Å². The van der Waals surface area contributed by atoms with Crippen LogP contribution in [0.2, 0.25) is 0 Å². The van der Waals surface area contributed by atoms with E-state index in [1.165, 1.54) is 16.7 Å². The molecule has 0 bridgehead atoms. The van der Waals surface area contributed by atoms with Crippen molar-refractivity contribution in [3.8, 4) is 0 Å². The molecular weight excluding hydrogens is 280 g/mol. The van der Waals surface area contributed by atoms with Crippen LogP contribution in [0, 0.1) is 23.2 Å². The predicted octanol–water partition coefficient (Wildman–Crippen LogP) is 4.46. The van der Waals surface area contributed by atoms with Crippen molar-refractivity contribution in [2.24, 2.45) is 17.8 Å². The first kappa shape index (κ1) is 15.9. The van der Waals surface area contributed by atoms with Crippen LogP contribution in [0.25, 0.3) is 0 Å². The molecule has 1 aliphatic carbocycles. The third-order valence-electron chi connectivity index (χ3n) is 5.17. The molecule has 0 saturated carbocycles. The Morgan fingerprint density at radius 1 is 1.17 bits per heavy atom. The van der Waals surface area contributed by atoms with Crippen LogP contribution in [0.5, 0.6) is 0 Å². The zero-order valence-corrected chi connectivity index (χ0v) is 14.1. The van der Waals surface area contributed by atoms with Crippen molar-refractivity contribution < 1.29 is 0 Å². The first-order chi connectivity index (χ1) is 11.2. The molecular formula is C21H26N2. The maximum absolute atomic E-state index is 7.83. The van der Waals surface area contributed by atoms with Gasteiger partial charge in [0.25, 0.3) is 0 Å². The smallest absolute Gasteiger partial charge is 0.0234 e. The van der Waals surface area contributed by atoms with Gasteiger partial charge in [0.1, 0.15) is 0 Å². The van der Waals surface area contributed by atoms with Crippen LogP contribution in [-0.2, 0) is 6.54 Å². The summed E-state index contributed by atoms with van der Waals surface area (Å²) in [5.41, 5.74) is 4.13. The number of rotatable bonds is 4. The highest BCUT2D eigenvalue weighted by Crippen LogP contribution is 2.32. The Morgan fingerprint density at radius 2 is 1.96 bits per heavy atom. The van der Waals surface area contributed by atoms with Crippen molar-refractivity contribution in [3.05, 3.63) is 71.3 Å². The Bertz CT molecular complexity index is 639. The summed E-state index contributed by atoms with van der Waals surface area (Å²) in [7, 11) is 0. The lowest BCUT2D eigenvalue weighted by molar-refractivity contribution is 0.321. The minimum Gasteiger partial charge on any atom is -0.313 e. The largest absolute Gasteiger partial charge is 0.313 e. The summed E-state index contributed by atoms with van der Waals surface area (Å²) in [5, 5.41) is 7.83. The molecule has 1 saturated heterocycles. The number of hydrogen-bond donors (Lipinski definition) is 1. The Labute approximate surface area is 139 Å². The highest BCUT2D eigenvalue weighted by molar-refractivity contribution is 5.60. The van der Waals surface area contributed by atoms with Gasteiger partial charge in [-0.15, -0.1) is 0 Å². The van der Waals surface area contributed by atoms with Crippen molar-refractivity contribution in [3.63, 3.8) is 0 Å². The van der Waals surface area contributed by atoms with Gasteiger partial charge in [-0.1, -0.05) is 67.1 Å². The van der Waals surface area contributed by atoms with E-state index in [4.69, 9.17) is 5.41 Å². The molecule has 1 fully saturated rings. The summed E-state index contributed by atoms with van der Waals surface area (Å²) < 4.78 is 0. The third kappa shape index (κ3) is 3.70. The van der Waals surface area contributed by atoms with Gasteiger partial charge < -0.3 is 5.41 Å². The molecule has 2 aliphatic rings. The minimum absolute atomic E-state index is 0.316. The van der Waals surface area contributed by atoms with E-state index in [9.17, 15) is 0 Å². The van der Waals surface area contributed by atoms with Crippen molar-refractivity contribution in [2.45, 2.75) is 20.4 Å². The maximum Gasteiger partial charge on any atom is 0.0234 e. The van der Waals surface area contributed by atoms with E-state index in [0.29, 0.717) is 17.8 Å². The summed E-state index contributed by atoms with van der Waals surface area (Å²) >= 11 is 0. The van der Waals surface area contributed by atoms with Gasteiger partial charge in [-0.05, 0) is 24.0 Å². The molecule has 1 heterocycles. The number of benzene rings is 1. The molecule has 3 unspecified atom stereocenters. The molecule has 1 aromatic rings. The molecule has 3 rings (SSSR count). The van der Waals surface area contributed by atoms with Crippen molar-refractivity contribution >= 4 is 6.21 Å². The highest BCUT2D eigenvalue weighted by atomic mass is 15.2. The molecule has 2 heteroatoms. The summed E-state index contributed by atoms with van der Waals surface area (Å²) in [6.07, 6.45) is 10.7. The molecule has 0 spiro atoms. The van der Waals surface area contributed by atoms with Gasteiger partial charge in [0, 0.05) is 37.7 Å². The van der Waals surface area contributed by atoms with Crippen LogP contribution in [0.1, 0.15) is 19.4 Å². The van der Waals surface area contributed by atoms with E-state index in [1.807, 2.05) is 0 Å². The standard InChI is InChI=1S/C21H26N2/c1-16-8-10-19(11-9-17(16)2)21-15-23(14-20(21)12-22)13-18-6-4-3-5-7-18/h3-12,16,20-22H,13-15H2,1-2H3. The van der Waals surface area contributed by atoms with E-state index in [0.717, 1.165) is 19.6 Å². The van der Waals surface area contributed by atoms with E-state index in [-0.39, 0.29) is 0 Å². The number of likely N-dealkylation sites (tertiary alicyclic amines) is 1. The monoisotopic (exact) mass is 306 g/mol. The van der Waals surface area contributed by atoms with Crippen molar-refractivity contribution in [1.82, 2.24) is 4.90 Å². The van der Waals surface area contributed by atoms with Gasteiger partial charge >= 0.3 is 0 Å². The molecule has 0 radical (unpaired) electrons. The second kappa shape index (κ2) is 7.10. The lowest BCUT2D eigenvalue weighted by Crippen LogP contribution is -2.20. The fraction of sp³-hybridized carbons (Fsp3) is 0.381. The molecule has 0 amide bonds. The molecule has 1 N–H and O–H groups in total. The Kier molecular flexibility index (Phi) is 4.92. The zero-order valence-electron chi connectivity index (χ0n) is 14.1. The molecule has 1 aliphatic heterocycles. The molecule has 120 valence electrons. The van der Waals surface area contributed by atoms with Crippen LogP contribution < -0.4 is 0 Å². The van der Waals surface area contributed by atoms with Gasteiger partial charge in [-0.2, -0.15) is 0 Å². The topological polar surface area (TPSA) is 27.1 Å². The first-order valence-electron chi connectivity index (χ1n) is 8.51. The van der Waals surface area contributed by atoms with E-state index >= 15 is 0 Å². The molecule has 0 aromatic heterocycles. The Morgan fingerprint density at radius 3 is 2.70 bits per heavy atom. The summed E-state index contributed by atoms with van der Waals surface area (Å²) in [6, 6.07) is 10.6. The quantitative estimate of drug-likeness (QED) is 0.817. The van der Waals surface area contributed by atoms with Crippen LogP contribution in [-0.4, -0.2) is 24.2 Å². The van der Waals surface area contributed by atoms with Gasteiger partial charge in [0.2, 0.25) is 0 Å². The minimum atomic E-state index is 0.316. The van der Waals surface area contributed by atoms with Crippen LogP contribution >= 0.6 is 0 Å². The maximum atomic E-state index is 7.83. The van der Waals surface area contributed by atoms with Gasteiger partial charge in [-0.3, -0.25) is 4.90 Å². The number of nitrogens with one attached hydrogen (secondary N) is 1. The van der Waals surface area contributed by atoms with Crippen LogP contribution in [0.4, 0.5) is 0 Å². The summed E-state index contributed by atoms with van der Waals surface area (Å²) in [6.45, 7) is 7.42. The Balaban J connectivity index is 1.75. The van der Waals surface area contributed by atoms with Crippen LogP contribution in [0.3, 0.4) is 0 Å². The zero-order chi connectivity index (χ0) is 16.2. The van der Waals surface area contributed by atoms with Crippen molar-refractivity contribution in [1.29, 1.82) is 5.41 Å². The SMILES string of the molecule is CC1=CC=C(C2CN(Cc3ccccc3)CC2C=N)C=CC1C. The molecule has 1 aromatic carbocycles. The van der Waals surface area contributed by atoms with Gasteiger partial charge in [-0.25, -0.2) is 0 Å². The third-order valence-corrected chi connectivity index (χ3v) is 5.17. The van der Waals surface area contributed by atoms with Gasteiger partial charge in [0.15, 0.2) is 0 Å². The Hall–Kier alpha value is -1.93. The number of allylic oxidation sites excluding steroid dienone is 5. The second-order valence-corrected chi connectivity index (χ2v) is 6.84. The fourth-order valence-corrected chi connectivity index (χ4v) is 3.50. The lowest BCUT2D eigenvalue weighted by atomic mass is 9.89. The summed E-state index contributed by atoms with van der Waals surface area (Å²) in [5.74, 6) is 1.25. The fourth-order valence-electron chi connectivity index (χ4n) is 3.50. The summed E-state index contributed by atoms with van der Waals surface area (Å²) in [4.78, 5) is 2.48. The normalized spacial score (nSPS) is 28.2. The van der Waals surface area contributed by atoms with Gasteiger partial charge in [0.05, 0.1) is 0 Å². The molecule has 3 atom stereocenters.